The van der Waals surface area contributed by atoms with Gasteiger partial charge < -0.3 is 10.6 Å². The van der Waals surface area contributed by atoms with Crippen LogP contribution in [0.1, 0.15) is 24.6 Å². The minimum absolute atomic E-state index is 0.112. The van der Waals surface area contributed by atoms with E-state index in [0.29, 0.717) is 6.54 Å². The van der Waals surface area contributed by atoms with Gasteiger partial charge in [-0.3, -0.25) is 4.79 Å². The SMILES string of the molecule is CCCc1ccc(NC(=O)Cn2cc(CNC)nn2)cc1. The van der Waals surface area contributed by atoms with Gasteiger partial charge in [-0.1, -0.05) is 30.7 Å². The summed E-state index contributed by atoms with van der Waals surface area (Å²) in [6, 6.07) is 7.94. The van der Waals surface area contributed by atoms with Crippen molar-refractivity contribution in [1.29, 1.82) is 0 Å². The van der Waals surface area contributed by atoms with Gasteiger partial charge in [0.2, 0.25) is 5.91 Å². The molecule has 0 radical (unpaired) electrons. The van der Waals surface area contributed by atoms with Crippen molar-refractivity contribution in [1.82, 2.24) is 20.3 Å². The molecule has 1 aromatic carbocycles. The van der Waals surface area contributed by atoms with Crippen LogP contribution in [0.3, 0.4) is 0 Å². The smallest absolute Gasteiger partial charge is 0.246 e. The molecule has 0 unspecified atom stereocenters. The molecule has 2 N–H and O–H groups in total. The fraction of sp³-hybridized carbons (Fsp3) is 0.400. The van der Waals surface area contributed by atoms with Crippen LogP contribution in [0, 0.1) is 0 Å². The molecule has 21 heavy (non-hydrogen) atoms. The Morgan fingerprint density at radius 3 is 2.71 bits per heavy atom. The fourth-order valence-electron chi connectivity index (χ4n) is 2.07. The lowest BCUT2D eigenvalue weighted by atomic mass is 10.1. The zero-order valence-corrected chi connectivity index (χ0v) is 12.5. The zero-order valence-electron chi connectivity index (χ0n) is 12.5. The third-order valence-electron chi connectivity index (χ3n) is 3.03. The van der Waals surface area contributed by atoms with Crippen LogP contribution in [0.2, 0.25) is 0 Å². The molecule has 1 amide bonds. The molecule has 0 aliphatic rings. The van der Waals surface area contributed by atoms with Gasteiger partial charge in [0.1, 0.15) is 6.54 Å². The van der Waals surface area contributed by atoms with Gasteiger partial charge in [-0.25, -0.2) is 4.68 Å². The molecular formula is C15H21N5O. The Morgan fingerprint density at radius 1 is 1.29 bits per heavy atom. The van der Waals surface area contributed by atoms with Gasteiger partial charge in [-0.15, -0.1) is 5.10 Å². The van der Waals surface area contributed by atoms with Crippen molar-refractivity contribution in [3.63, 3.8) is 0 Å². The molecule has 2 aromatic rings. The molecule has 1 heterocycles. The van der Waals surface area contributed by atoms with Crippen molar-refractivity contribution >= 4 is 11.6 Å². The second-order valence-corrected chi connectivity index (χ2v) is 4.93. The van der Waals surface area contributed by atoms with E-state index in [2.05, 4.69) is 27.9 Å². The van der Waals surface area contributed by atoms with Crippen molar-refractivity contribution < 1.29 is 4.79 Å². The summed E-state index contributed by atoms with van der Waals surface area (Å²) in [5.41, 5.74) is 2.90. The van der Waals surface area contributed by atoms with Crippen LogP contribution < -0.4 is 10.6 Å². The lowest BCUT2D eigenvalue weighted by Gasteiger charge is -2.06. The van der Waals surface area contributed by atoms with E-state index >= 15 is 0 Å². The minimum Gasteiger partial charge on any atom is -0.324 e. The zero-order chi connectivity index (χ0) is 15.1. The first-order valence-corrected chi connectivity index (χ1v) is 7.13. The van der Waals surface area contributed by atoms with E-state index in [1.54, 1.807) is 6.20 Å². The topological polar surface area (TPSA) is 71.8 Å². The number of anilines is 1. The summed E-state index contributed by atoms with van der Waals surface area (Å²) in [6.07, 6.45) is 3.94. The average Bonchev–Trinajstić information content (AvgIpc) is 2.89. The van der Waals surface area contributed by atoms with Gasteiger partial charge >= 0.3 is 0 Å². The van der Waals surface area contributed by atoms with Gasteiger partial charge in [-0.2, -0.15) is 0 Å². The Hall–Kier alpha value is -2.21. The summed E-state index contributed by atoms with van der Waals surface area (Å²) >= 11 is 0. The standard InChI is InChI=1S/C15H21N5O/c1-3-4-12-5-7-13(8-6-12)17-15(21)11-20-10-14(9-16-2)18-19-20/h5-8,10,16H,3-4,9,11H2,1-2H3,(H,17,21). The van der Waals surface area contributed by atoms with Gasteiger partial charge in [0.05, 0.1) is 11.9 Å². The number of aryl methyl sites for hydroxylation is 1. The van der Waals surface area contributed by atoms with Crippen molar-refractivity contribution in [2.75, 3.05) is 12.4 Å². The van der Waals surface area contributed by atoms with Crippen LogP contribution in [-0.4, -0.2) is 27.9 Å². The van der Waals surface area contributed by atoms with Crippen molar-refractivity contribution in [3.8, 4) is 0 Å². The van der Waals surface area contributed by atoms with Crippen molar-refractivity contribution in [2.45, 2.75) is 32.9 Å². The lowest BCUT2D eigenvalue weighted by Crippen LogP contribution is -2.19. The molecule has 0 bridgehead atoms. The highest BCUT2D eigenvalue weighted by atomic mass is 16.2. The number of hydrogen-bond donors (Lipinski definition) is 2. The monoisotopic (exact) mass is 287 g/mol. The summed E-state index contributed by atoms with van der Waals surface area (Å²) in [5.74, 6) is -0.112. The number of benzene rings is 1. The first kappa shape index (κ1) is 15.2. The summed E-state index contributed by atoms with van der Waals surface area (Å²) in [6.45, 7) is 2.95. The van der Waals surface area contributed by atoms with Crippen LogP contribution in [0.5, 0.6) is 0 Å². The quantitative estimate of drug-likeness (QED) is 0.811. The number of amides is 1. The number of nitrogens with one attached hydrogen (secondary N) is 2. The Morgan fingerprint density at radius 2 is 2.05 bits per heavy atom. The molecule has 0 saturated carbocycles. The van der Waals surface area contributed by atoms with E-state index < -0.39 is 0 Å². The molecule has 0 fully saturated rings. The molecule has 0 spiro atoms. The Labute approximate surface area is 124 Å². The van der Waals surface area contributed by atoms with Gasteiger partial charge in [0.15, 0.2) is 0 Å². The van der Waals surface area contributed by atoms with Crippen LogP contribution >= 0.6 is 0 Å². The first-order valence-electron chi connectivity index (χ1n) is 7.13. The average molecular weight is 287 g/mol. The molecular weight excluding hydrogens is 266 g/mol. The Bertz CT molecular complexity index is 576. The second-order valence-electron chi connectivity index (χ2n) is 4.93. The van der Waals surface area contributed by atoms with E-state index in [0.717, 1.165) is 24.2 Å². The van der Waals surface area contributed by atoms with Crippen LogP contribution in [0.25, 0.3) is 0 Å². The van der Waals surface area contributed by atoms with E-state index in [9.17, 15) is 4.79 Å². The maximum absolute atomic E-state index is 11.9. The molecule has 0 atom stereocenters. The summed E-state index contributed by atoms with van der Waals surface area (Å²) in [5, 5.41) is 13.7. The van der Waals surface area contributed by atoms with E-state index in [1.165, 1.54) is 10.2 Å². The molecule has 0 aliphatic heterocycles. The highest BCUT2D eigenvalue weighted by Gasteiger charge is 2.06. The Kier molecular flexibility index (Phi) is 5.45. The summed E-state index contributed by atoms with van der Waals surface area (Å²) < 4.78 is 1.54. The van der Waals surface area contributed by atoms with Crippen LogP contribution in [0.15, 0.2) is 30.5 Å². The van der Waals surface area contributed by atoms with Crippen LogP contribution in [0.4, 0.5) is 5.69 Å². The third-order valence-corrected chi connectivity index (χ3v) is 3.03. The number of aromatic nitrogens is 3. The van der Waals surface area contributed by atoms with E-state index in [4.69, 9.17) is 0 Å². The molecule has 0 saturated heterocycles. The van der Waals surface area contributed by atoms with E-state index in [1.807, 2.05) is 31.3 Å². The number of rotatable bonds is 7. The molecule has 6 heteroatoms. The largest absolute Gasteiger partial charge is 0.324 e. The number of carbonyl (C=O) groups excluding carboxylic acids is 1. The maximum Gasteiger partial charge on any atom is 0.246 e. The molecule has 112 valence electrons. The third kappa shape index (κ3) is 4.68. The minimum atomic E-state index is -0.112. The van der Waals surface area contributed by atoms with Gasteiger partial charge in [0, 0.05) is 12.2 Å². The predicted molar refractivity (Wildman–Crippen MR) is 81.9 cm³/mol. The second kappa shape index (κ2) is 7.54. The number of carbonyl (C=O) groups is 1. The van der Waals surface area contributed by atoms with Gasteiger partial charge in [-0.05, 0) is 31.2 Å². The molecule has 1 aromatic heterocycles. The van der Waals surface area contributed by atoms with Gasteiger partial charge in [0.25, 0.3) is 0 Å². The molecule has 2 rings (SSSR count). The van der Waals surface area contributed by atoms with Crippen LogP contribution in [-0.2, 0) is 24.3 Å². The van der Waals surface area contributed by atoms with Crippen molar-refractivity contribution in [2.24, 2.45) is 0 Å². The maximum atomic E-state index is 11.9. The summed E-state index contributed by atoms with van der Waals surface area (Å²) in [7, 11) is 1.84. The summed E-state index contributed by atoms with van der Waals surface area (Å²) in [4.78, 5) is 11.9. The molecule has 0 aliphatic carbocycles. The molecule has 6 nitrogen and oxygen atoms in total. The van der Waals surface area contributed by atoms with E-state index in [-0.39, 0.29) is 12.5 Å². The highest BCUT2D eigenvalue weighted by molar-refractivity contribution is 5.90. The number of hydrogen-bond acceptors (Lipinski definition) is 4. The highest BCUT2D eigenvalue weighted by Crippen LogP contribution is 2.11. The first-order chi connectivity index (χ1) is 10.2. The Balaban J connectivity index is 1.88. The normalized spacial score (nSPS) is 10.6. The number of nitrogens with zero attached hydrogens (tertiary/aromatic N) is 3. The lowest BCUT2D eigenvalue weighted by molar-refractivity contribution is -0.116. The predicted octanol–water partition coefficient (Wildman–Crippen LogP) is 1.59. The van der Waals surface area contributed by atoms with Crippen molar-refractivity contribution in [3.05, 3.63) is 41.7 Å². The fourth-order valence-corrected chi connectivity index (χ4v) is 2.07.